The minimum Gasteiger partial charge on any atom is -0.478 e. The highest BCUT2D eigenvalue weighted by Gasteiger charge is 2.17. The van der Waals surface area contributed by atoms with Crippen molar-refractivity contribution in [2.24, 2.45) is 0 Å². The van der Waals surface area contributed by atoms with Crippen LogP contribution in [0.3, 0.4) is 0 Å². The molecule has 1 heterocycles. The Morgan fingerprint density at radius 3 is 2.15 bits per heavy atom. The minimum atomic E-state index is -0.974. The highest BCUT2D eigenvalue weighted by Crippen LogP contribution is 2.30. The molecule has 5 heteroatoms. The van der Waals surface area contributed by atoms with E-state index in [-0.39, 0.29) is 11.5 Å². The molecule has 0 radical (unpaired) electrons. The van der Waals surface area contributed by atoms with E-state index in [1.54, 1.807) is 24.3 Å². The van der Waals surface area contributed by atoms with E-state index in [4.69, 9.17) is 5.11 Å². The number of aromatic nitrogens is 1. The molecule has 1 aromatic heterocycles. The molecule has 1 amide bonds. The standard InChI is InChI=1S/C34H26N2O3/c37-33(35-21-23-10-14-27(15-11-23)34(38)39)31-20-30(25-6-2-1-3-7-25)19-29-16-17-36(32(29)31)22-24-12-13-26-8-4-5-9-28(26)18-24/h1-20H,21-22H2,(H,35,37)(H,38,39). The van der Waals surface area contributed by atoms with Crippen molar-refractivity contribution in [3.05, 3.63) is 144 Å². The van der Waals surface area contributed by atoms with Gasteiger partial charge in [0, 0.05) is 24.7 Å². The Bertz CT molecular complexity index is 1820. The zero-order chi connectivity index (χ0) is 26.8. The van der Waals surface area contributed by atoms with Gasteiger partial charge in [-0.2, -0.15) is 0 Å². The van der Waals surface area contributed by atoms with Gasteiger partial charge in [-0.25, -0.2) is 4.79 Å². The summed E-state index contributed by atoms with van der Waals surface area (Å²) in [4.78, 5) is 24.8. The van der Waals surface area contributed by atoms with Gasteiger partial charge in [0.15, 0.2) is 0 Å². The molecule has 0 spiro atoms. The van der Waals surface area contributed by atoms with Gasteiger partial charge >= 0.3 is 5.97 Å². The predicted octanol–water partition coefficient (Wildman–Crippen LogP) is 7.14. The number of aromatic carboxylic acids is 1. The molecule has 39 heavy (non-hydrogen) atoms. The number of fused-ring (bicyclic) bond motifs is 2. The average Bonchev–Trinajstić information content (AvgIpc) is 3.38. The first-order valence-corrected chi connectivity index (χ1v) is 12.8. The van der Waals surface area contributed by atoms with E-state index in [1.807, 2.05) is 54.7 Å². The number of benzene rings is 5. The van der Waals surface area contributed by atoms with Crippen LogP contribution in [0, 0.1) is 0 Å². The normalized spacial score (nSPS) is 11.1. The zero-order valence-corrected chi connectivity index (χ0v) is 21.2. The molecule has 6 aromatic rings. The second-order valence-corrected chi connectivity index (χ2v) is 9.64. The van der Waals surface area contributed by atoms with Crippen LogP contribution in [0.4, 0.5) is 0 Å². The van der Waals surface area contributed by atoms with Gasteiger partial charge in [-0.3, -0.25) is 4.79 Å². The number of carbonyl (C=O) groups excluding carboxylic acids is 1. The Morgan fingerprint density at radius 1 is 0.667 bits per heavy atom. The van der Waals surface area contributed by atoms with Crippen LogP contribution in [0.15, 0.2) is 121 Å². The predicted molar refractivity (Wildman–Crippen MR) is 155 cm³/mol. The minimum absolute atomic E-state index is 0.182. The number of rotatable bonds is 7. The molecule has 0 aliphatic rings. The number of nitrogens with zero attached hydrogens (tertiary/aromatic N) is 1. The maximum atomic E-state index is 13.6. The molecule has 0 saturated heterocycles. The Kier molecular flexibility index (Phi) is 6.39. The SMILES string of the molecule is O=C(O)c1ccc(CNC(=O)c2cc(-c3ccccc3)cc3ccn(Cc4ccc5ccccc5c4)c23)cc1. The molecule has 0 aliphatic carbocycles. The molecule has 2 N–H and O–H groups in total. The van der Waals surface area contributed by atoms with Crippen molar-refractivity contribution in [2.45, 2.75) is 13.1 Å². The van der Waals surface area contributed by atoms with Gasteiger partial charge in [-0.05, 0) is 69.4 Å². The fraction of sp³-hybridized carbons (Fsp3) is 0.0588. The number of amides is 1. The maximum Gasteiger partial charge on any atom is 0.335 e. The van der Waals surface area contributed by atoms with Crippen molar-refractivity contribution in [1.29, 1.82) is 0 Å². The lowest BCUT2D eigenvalue weighted by molar-refractivity contribution is 0.0696. The van der Waals surface area contributed by atoms with Crippen molar-refractivity contribution in [2.75, 3.05) is 0 Å². The zero-order valence-electron chi connectivity index (χ0n) is 21.2. The molecule has 0 atom stereocenters. The van der Waals surface area contributed by atoms with E-state index in [0.717, 1.165) is 33.2 Å². The summed E-state index contributed by atoms with van der Waals surface area (Å²) in [7, 11) is 0. The monoisotopic (exact) mass is 510 g/mol. The summed E-state index contributed by atoms with van der Waals surface area (Å²) in [6.45, 7) is 0.928. The maximum absolute atomic E-state index is 13.6. The molecule has 0 fully saturated rings. The number of carboxylic acid groups (broad SMARTS) is 1. The Morgan fingerprint density at radius 2 is 1.38 bits per heavy atom. The van der Waals surface area contributed by atoms with Gasteiger partial charge in [0.25, 0.3) is 5.91 Å². The van der Waals surface area contributed by atoms with Crippen molar-refractivity contribution in [3.8, 4) is 11.1 Å². The Labute approximate surface area is 226 Å². The molecule has 0 aliphatic heterocycles. The summed E-state index contributed by atoms with van der Waals surface area (Å²) >= 11 is 0. The highest BCUT2D eigenvalue weighted by atomic mass is 16.4. The Balaban J connectivity index is 1.36. The van der Waals surface area contributed by atoms with E-state index < -0.39 is 5.97 Å². The molecule has 5 aromatic carbocycles. The van der Waals surface area contributed by atoms with E-state index in [2.05, 4.69) is 52.3 Å². The van der Waals surface area contributed by atoms with Crippen LogP contribution in [0.25, 0.3) is 32.8 Å². The summed E-state index contributed by atoms with van der Waals surface area (Å²) in [6, 6.07) is 37.5. The Hall–Kier alpha value is -5.16. The third-order valence-electron chi connectivity index (χ3n) is 7.03. The van der Waals surface area contributed by atoms with Crippen LogP contribution in [-0.4, -0.2) is 21.6 Å². The van der Waals surface area contributed by atoms with Gasteiger partial charge < -0.3 is 15.0 Å². The van der Waals surface area contributed by atoms with Crippen molar-refractivity contribution in [3.63, 3.8) is 0 Å². The fourth-order valence-corrected chi connectivity index (χ4v) is 5.03. The smallest absolute Gasteiger partial charge is 0.335 e. The topological polar surface area (TPSA) is 71.3 Å². The summed E-state index contributed by atoms with van der Waals surface area (Å²) in [5, 5.41) is 15.6. The van der Waals surface area contributed by atoms with Crippen LogP contribution < -0.4 is 5.32 Å². The van der Waals surface area contributed by atoms with Gasteiger partial charge in [-0.15, -0.1) is 0 Å². The first-order valence-electron chi connectivity index (χ1n) is 12.8. The van der Waals surface area contributed by atoms with E-state index in [0.29, 0.717) is 18.7 Å². The third-order valence-corrected chi connectivity index (χ3v) is 7.03. The van der Waals surface area contributed by atoms with Gasteiger partial charge in [0.1, 0.15) is 0 Å². The first kappa shape index (κ1) is 24.2. The number of hydrogen-bond acceptors (Lipinski definition) is 2. The molecular weight excluding hydrogens is 484 g/mol. The van der Waals surface area contributed by atoms with Crippen molar-refractivity contribution < 1.29 is 14.7 Å². The summed E-state index contributed by atoms with van der Waals surface area (Å²) in [5.74, 6) is -1.16. The number of hydrogen-bond donors (Lipinski definition) is 2. The van der Waals surface area contributed by atoms with Crippen LogP contribution in [0.2, 0.25) is 0 Å². The van der Waals surface area contributed by atoms with E-state index in [9.17, 15) is 9.59 Å². The lowest BCUT2D eigenvalue weighted by atomic mass is 9.99. The average molecular weight is 511 g/mol. The van der Waals surface area contributed by atoms with Crippen molar-refractivity contribution >= 4 is 33.6 Å². The van der Waals surface area contributed by atoms with Crippen LogP contribution in [0.1, 0.15) is 31.8 Å². The molecule has 5 nitrogen and oxygen atoms in total. The number of carboxylic acids is 1. The van der Waals surface area contributed by atoms with Gasteiger partial charge in [0.2, 0.25) is 0 Å². The fourth-order valence-electron chi connectivity index (χ4n) is 5.03. The molecular formula is C34H26N2O3. The number of nitrogens with one attached hydrogen (secondary N) is 1. The van der Waals surface area contributed by atoms with E-state index >= 15 is 0 Å². The first-order chi connectivity index (χ1) is 19.0. The second-order valence-electron chi connectivity index (χ2n) is 9.64. The summed E-state index contributed by atoms with van der Waals surface area (Å²) in [6.07, 6.45) is 2.04. The summed E-state index contributed by atoms with van der Waals surface area (Å²) < 4.78 is 2.13. The van der Waals surface area contributed by atoms with Crippen LogP contribution in [0.5, 0.6) is 0 Å². The molecule has 190 valence electrons. The largest absolute Gasteiger partial charge is 0.478 e. The molecule has 0 unspecified atom stereocenters. The molecule has 0 bridgehead atoms. The lowest BCUT2D eigenvalue weighted by Crippen LogP contribution is -2.23. The highest BCUT2D eigenvalue weighted by molar-refractivity contribution is 6.08. The quantitative estimate of drug-likeness (QED) is 0.240. The number of carbonyl (C=O) groups is 2. The van der Waals surface area contributed by atoms with Gasteiger partial charge in [0.05, 0.1) is 16.6 Å². The van der Waals surface area contributed by atoms with Gasteiger partial charge in [-0.1, -0.05) is 78.9 Å². The third kappa shape index (κ3) is 5.03. The molecule has 0 saturated carbocycles. The molecule has 6 rings (SSSR count). The second kappa shape index (κ2) is 10.3. The van der Waals surface area contributed by atoms with Crippen LogP contribution in [-0.2, 0) is 13.1 Å². The van der Waals surface area contributed by atoms with Crippen molar-refractivity contribution in [1.82, 2.24) is 9.88 Å². The van der Waals surface area contributed by atoms with Crippen LogP contribution >= 0.6 is 0 Å². The lowest BCUT2D eigenvalue weighted by Gasteiger charge is -2.14. The van der Waals surface area contributed by atoms with E-state index in [1.165, 1.54) is 10.8 Å². The summed E-state index contributed by atoms with van der Waals surface area (Å²) in [5.41, 5.74) is 5.69.